The van der Waals surface area contributed by atoms with Crippen molar-refractivity contribution >= 4 is 5.91 Å². The minimum atomic E-state index is 0.207. The van der Waals surface area contributed by atoms with E-state index in [0.717, 1.165) is 32.7 Å². The second-order valence-corrected chi connectivity index (χ2v) is 3.52. The third kappa shape index (κ3) is 3.04. The van der Waals surface area contributed by atoms with Gasteiger partial charge in [0.15, 0.2) is 0 Å². The van der Waals surface area contributed by atoms with Gasteiger partial charge in [-0.05, 0) is 6.54 Å². The molecule has 0 bridgehead atoms. The molecule has 1 rings (SSSR count). The van der Waals surface area contributed by atoms with E-state index in [-0.39, 0.29) is 5.91 Å². The molecule has 1 heterocycles. The third-order valence-electron chi connectivity index (χ3n) is 2.66. The maximum absolute atomic E-state index is 11.6. The zero-order valence-electron chi connectivity index (χ0n) is 8.83. The van der Waals surface area contributed by atoms with Crippen molar-refractivity contribution in [2.45, 2.75) is 19.8 Å². The van der Waals surface area contributed by atoms with E-state index in [1.807, 2.05) is 4.90 Å². The van der Waals surface area contributed by atoms with Gasteiger partial charge in [0.05, 0.1) is 0 Å². The molecule has 1 amide bonds. The van der Waals surface area contributed by atoms with Crippen LogP contribution in [0.1, 0.15) is 19.8 Å². The highest BCUT2D eigenvalue weighted by molar-refractivity contribution is 5.76. The monoisotopic (exact) mass is 194 g/mol. The fraction of sp³-hybridized carbons (Fsp3) is 0.727. The number of piperazine rings is 1. The molecule has 1 aliphatic heterocycles. The zero-order valence-corrected chi connectivity index (χ0v) is 8.83. The Hall–Kier alpha value is -1.01. The molecule has 1 fully saturated rings. The van der Waals surface area contributed by atoms with E-state index in [4.69, 9.17) is 6.42 Å². The van der Waals surface area contributed by atoms with Gasteiger partial charge in [-0.1, -0.05) is 6.92 Å². The van der Waals surface area contributed by atoms with E-state index >= 15 is 0 Å². The van der Waals surface area contributed by atoms with E-state index in [2.05, 4.69) is 17.7 Å². The molecular weight excluding hydrogens is 176 g/mol. The zero-order chi connectivity index (χ0) is 10.4. The Morgan fingerprint density at radius 1 is 1.36 bits per heavy atom. The van der Waals surface area contributed by atoms with E-state index in [1.165, 1.54) is 0 Å². The van der Waals surface area contributed by atoms with Crippen molar-refractivity contribution < 1.29 is 4.79 Å². The average molecular weight is 194 g/mol. The molecular formula is C11H18N2O. The van der Waals surface area contributed by atoms with Crippen molar-refractivity contribution in [1.29, 1.82) is 0 Å². The lowest BCUT2D eigenvalue weighted by atomic mass is 10.2. The Balaban J connectivity index is 2.27. The summed E-state index contributed by atoms with van der Waals surface area (Å²) in [5.74, 6) is 2.71. The number of rotatable bonds is 3. The first-order valence-corrected chi connectivity index (χ1v) is 5.21. The van der Waals surface area contributed by atoms with Crippen molar-refractivity contribution in [1.82, 2.24) is 9.80 Å². The van der Waals surface area contributed by atoms with Gasteiger partial charge in [0.1, 0.15) is 0 Å². The summed E-state index contributed by atoms with van der Waals surface area (Å²) in [7, 11) is 0. The van der Waals surface area contributed by atoms with Crippen LogP contribution in [0, 0.1) is 12.3 Å². The molecule has 3 heteroatoms. The molecule has 78 valence electrons. The number of carbonyl (C=O) groups excluding carboxylic acids is 1. The summed E-state index contributed by atoms with van der Waals surface area (Å²) >= 11 is 0. The highest BCUT2D eigenvalue weighted by atomic mass is 16.2. The van der Waals surface area contributed by atoms with Gasteiger partial charge in [-0.3, -0.25) is 4.79 Å². The van der Waals surface area contributed by atoms with Crippen LogP contribution in [0.4, 0.5) is 0 Å². The quantitative estimate of drug-likeness (QED) is 0.613. The van der Waals surface area contributed by atoms with Crippen molar-refractivity contribution in [3.63, 3.8) is 0 Å². The Kier molecular flexibility index (Phi) is 4.48. The van der Waals surface area contributed by atoms with Crippen LogP contribution in [0.3, 0.4) is 0 Å². The molecule has 1 saturated heterocycles. The van der Waals surface area contributed by atoms with Gasteiger partial charge in [-0.2, -0.15) is 0 Å². The summed E-state index contributed by atoms with van der Waals surface area (Å²) in [6.45, 7) is 6.94. The molecule has 0 aromatic carbocycles. The van der Waals surface area contributed by atoms with Crippen LogP contribution >= 0.6 is 0 Å². The van der Waals surface area contributed by atoms with E-state index < -0.39 is 0 Å². The fourth-order valence-electron chi connectivity index (χ4n) is 1.65. The molecule has 0 aliphatic carbocycles. The van der Waals surface area contributed by atoms with Gasteiger partial charge < -0.3 is 9.80 Å². The van der Waals surface area contributed by atoms with Gasteiger partial charge in [-0.15, -0.1) is 12.3 Å². The SMILES string of the molecule is C#CCCC(=O)N1CCN(CC)CC1. The van der Waals surface area contributed by atoms with E-state index in [1.54, 1.807) is 0 Å². The molecule has 1 aliphatic rings. The second-order valence-electron chi connectivity index (χ2n) is 3.52. The second kappa shape index (κ2) is 5.66. The number of likely N-dealkylation sites (N-methyl/N-ethyl adjacent to an activating group) is 1. The van der Waals surface area contributed by atoms with Crippen LogP contribution < -0.4 is 0 Å². The molecule has 0 aromatic heterocycles. The Morgan fingerprint density at radius 3 is 2.50 bits per heavy atom. The predicted octanol–water partition coefficient (Wildman–Crippen LogP) is 0.564. The van der Waals surface area contributed by atoms with Gasteiger partial charge >= 0.3 is 0 Å². The van der Waals surface area contributed by atoms with Crippen LogP contribution in [-0.4, -0.2) is 48.4 Å². The summed E-state index contributed by atoms with van der Waals surface area (Å²) in [5.41, 5.74) is 0. The topological polar surface area (TPSA) is 23.6 Å². The van der Waals surface area contributed by atoms with Gasteiger partial charge in [0, 0.05) is 39.0 Å². The first kappa shape index (κ1) is 11.1. The maximum atomic E-state index is 11.6. The molecule has 3 nitrogen and oxygen atoms in total. The summed E-state index contributed by atoms with van der Waals surface area (Å²) in [4.78, 5) is 15.8. The van der Waals surface area contributed by atoms with Gasteiger partial charge in [0.2, 0.25) is 5.91 Å². The number of carbonyl (C=O) groups is 1. The summed E-state index contributed by atoms with van der Waals surface area (Å²) in [5, 5.41) is 0. The van der Waals surface area contributed by atoms with Gasteiger partial charge in [0.25, 0.3) is 0 Å². The van der Waals surface area contributed by atoms with Crippen molar-refractivity contribution in [2.75, 3.05) is 32.7 Å². The minimum absolute atomic E-state index is 0.207. The van der Waals surface area contributed by atoms with Crippen LogP contribution in [0.15, 0.2) is 0 Å². The summed E-state index contributed by atoms with van der Waals surface area (Å²) in [6.07, 6.45) is 6.19. The van der Waals surface area contributed by atoms with E-state index in [0.29, 0.717) is 12.8 Å². The minimum Gasteiger partial charge on any atom is -0.340 e. The fourth-order valence-corrected chi connectivity index (χ4v) is 1.65. The number of amides is 1. The summed E-state index contributed by atoms with van der Waals surface area (Å²) < 4.78 is 0. The van der Waals surface area contributed by atoms with Crippen molar-refractivity contribution in [2.24, 2.45) is 0 Å². The maximum Gasteiger partial charge on any atom is 0.223 e. The lowest BCUT2D eigenvalue weighted by Gasteiger charge is -2.34. The van der Waals surface area contributed by atoms with Crippen molar-refractivity contribution in [3.05, 3.63) is 0 Å². The average Bonchev–Trinajstić information content (AvgIpc) is 2.26. The third-order valence-corrected chi connectivity index (χ3v) is 2.66. The smallest absolute Gasteiger partial charge is 0.223 e. The first-order chi connectivity index (χ1) is 6.77. The largest absolute Gasteiger partial charge is 0.340 e. The molecule has 0 N–H and O–H groups in total. The number of nitrogens with zero attached hydrogens (tertiary/aromatic N) is 2. The standard InChI is InChI=1S/C11H18N2O/c1-3-5-6-11(14)13-9-7-12(4-2)8-10-13/h1H,4-10H2,2H3. The van der Waals surface area contributed by atoms with Crippen LogP contribution in [-0.2, 0) is 4.79 Å². The highest BCUT2D eigenvalue weighted by Gasteiger charge is 2.18. The Bertz CT molecular complexity index is 224. The Labute approximate surface area is 86.1 Å². The lowest BCUT2D eigenvalue weighted by Crippen LogP contribution is -2.48. The normalized spacial score (nSPS) is 17.9. The molecule has 0 aromatic rings. The van der Waals surface area contributed by atoms with E-state index in [9.17, 15) is 4.79 Å². The van der Waals surface area contributed by atoms with Crippen LogP contribution in [0.5, 0.6) is 0 Å². The summed E-state index contributed by atoms with van der Waals surface area (Å²) in [6, 6.07) is 0. The molecule has 14 heavy (non-hydrogen) atoms. The molecule has 0 spiro atoms. The van der Waals surface area contributed by atoms with Crippen LogP contribution in [0.25, 0.3) is 0 Å². The number of hydrogen-bond donors (Lipinski definition) is 0. The molecule has 0 unspecified atom stereocenters. The number of hydrogen-bond acceptors (Lipinski definition) is 2. The Morgan fingerprint density at radius 2 is 2.00 bits per heavy atom. The first-order valence-electron chi connectivity index (χ1n) is 5.21. The van der Waals surface area contributed by atoms with Crippen LogP contribution in [0.2, 0.25) is 0 Å². The number of terminal acetylenes is 1. The molecule has 0 radical (unpaired) electrons. The van der Waals surface area contributed by atoms with Crippen molar-refractivity contribution in [3.8, 4) is 12.3 Å². The highest BCUT2D eigenvalue weighted by Crippen LogP contribution is 2.04. The molecule has 0 saturated carbocycles. The molecule has 0 atom stereocenters. The lowest BCUT2D eigenvalue weighted by molar-refractivity contribution is -0.132. The predicted molar refractivity (Wildman–Crippen MR) is 56.8 cm³/mol. The van der Waals surface area contributed by atoms with Gasteiger partial charge in [-0.25, -0.2) is 0 Å².